The molecule has 0 N–H and O–H groups in total. The van der Waals surface area contributed by atoms with Crippen molar-refractivity contribution in [2.24, 2.45) is 11.3 Å². The lowest BCUT2D eigenvalue weighted by Gasteiger charge is -2.43. The van der Waals surface area contributed by atoms with Crippen LogP contribution >= 0.6 is 0 Å². The summed E-state index contributed by atoms with van der Waals surface area (Å²) < 4.78 is 0. The van der Waals surface area contributed by atoms with Crippen molar-refractivity contribution in [3.63, 3.8) is 0 Å². The summed E-state index contributed by atoms with van der Waals surface area (Å²) in [7, 11) is 0. The van der Waals surface area contributed by atoms with Crippen LogP contribution in [0.3, 0.4) is 0 Å². The van der Waals surface area contributed by atoms with E-state index < -0.39 is 0 Å². The van der Waals surface area contributed by atoms with Gasteiger partial charge in [-0.1, -0.05) is 13.3 Å². The van der Waals surface area contributed by atoms with Gasteiger partial charge in [0.15, 0.2) is 0 Å². The maximum Gasteiger partial charge on any atom is 0.0658 e. The third kappa shape index (κ3) is 0.923. The highest BCUT2D eigenvalue weighted by molar-refractivity contribution is 4.99. The van der Waals surface area contributed by atoms with Crippen LogP contribution in [-0.2, 0) is 0 Å². The standard InChI is InChI=1S/C9H15N/c1-3-9(5-4-6-9)8(2)7-10/h8H,3-6H2,1-2H3. The van der Waals surface area contributed by atoms with Gasteiger partial charge in [0.2, 0.25) is 0 Å². The maximum atomic E-state index is 8.72. The summed E-state index contributed by atoms with van der Waals surface area (Å²) in [5.41, 5.74) is 0.411. The van der Waals surface area contributed by atoms with E-state index in [9.17, 15) is 0 Å². The van der Waals surface area contributed by atoms with Gasteiger partial charge in [-0.05, 0) is 31.6 Å². The Hall–Kier alpha value is -0.510. The molecule has 0 aromatic heterocycles. The molecular formula is C9H15N. The molecule has 1 unspecified atom stereocenters. The van der Waals surface area contributed by atoms with Gasteiger partial charge >= 0.3 is 0 Å². The maximum absolute atomic E-state index is 8.72. The molecule has 1 aliphatic rings. The molecule has 1 rings (SSSR count). The van der Waals surface area contributed by atoms with Crippen molar-refractivity contribution in [3.05, 3.63) is 0 Å². The summed E-state index contributed by atoms with van der Waals surface area (Å²) in [6.07, 6.45) is 5.07. The fourth-order valence-corrected chi connectivity index (χ4v) is 1.86. The second-order valence-electron chi connectivity index (χ2n) is 3.42. The molecule has 0 spiro atoms. The molecule has 0 bridgehead atoms. The van der Waals surface area contributed by atoms with Gasteiger partial charge in [-0.2, -0.15) is 5.26 Å². The molecule has 56 valence electrons. The quantitative estimate of drug-likeness (QED) is 0.574. The summed E-state index contributed by atoms with van der Waals surface area (Å²) in [5, 5.41) is 8.72. The number of rotatable bonds is 2. The van der Waals surface area contributed by atoms with E-state index in [-0.39, 0.29) is 5.92 Å². The molecule has 0 saturated heterocycles. The average molecular weight is 137 g/mol. The predicted molar refractivity (Wildman–Crippen MR) is 41.4 cm³/mol. The van der Waals surface area contributed by atoms with Gasteiger partial charge in [0.05, 0.1) is 6.07 Å². The summed E-state index contributed by atoms with van der Waals surface area (Å²) in [5.74, 6) is 0.270. The van der Waals surface area contributed by atoms with E-state index in [2.05, 4.69) is 19.9 Å². The topological polar surface area (TPSA) is 23.8 Å². The highest BCUT2D eigenvalue weighted by atomic mass is 14.5. The molecule has 0 aromatic carbocycles. The Morgan fingerprint density at radius 3 is 2.30 bits per heavy atom. The summed E-state index contributed by atoms with van der Waals surface area (Å²) in [6.45, 7) is 4.26. The fraction of sp³-hybridized carbons (Fsp3) is 0.889. The van der Waals surface area contributed by atoms with E-state index in [0.29, 0.717) is 5.41 Å². The number of nitrogens with zero attached hydrogens (tertiary/aromatic N) is 1. The van der Waals surface area contributed by atoms with Crippen molar-refractivity contribution in [1.82, 2.24) is 0 Å². The minimum atomic E-state index is 0.270. The molecule has 0 heterocycles. The zero-order valence-corrected chi connectivity index (χ0v) is 6.85. The van der Waals surface area contributed by atoms with Gasteiger partial charge in [-0.25, -0.2) is 0 Å². The zero-order chi connectivity index (χ0) is 7.61. The van der Waals surface area contributed by atoms with E-state index in [1.807, 2.05) is 0 Å². The van der Waals surface area contributed by atoms with E-state index >= 15 is 0 Å². The molecule has 1 heteroatoms. The van der Waals surface area contributed by atoms with Crippen LogP contribution in [0, 0.1) is 22.7 Å². The Labute approximate surface area is 63.0 Å². The first-order chi connectivity index (χ1) is 4.75. The monoisotopic (exact) mass is 137 g/mol. The molecule has 1 fully saturated rings. The van der Waals surface area contributed by atoms with Crippen molar-refractivity contribution in [3.8, 4) is 6.07 Å². The Balaban J connectivity index is 2.57. The smallest absolute Gasteiger partial charge is 0.0658 e. The molecule has 0 aliphatic heterocycles. The predicted octanol–water partition coefficient (Wildman–Crippen LogP) is 2.73. The molecule has 1 saturated carbocycles. The van der Waals surface area contributed by atoms with Gasteiger partial charge < -0.3 is 0 Å². The first-order valence-corrected chi connectivity index (χ1v) is 4.15. The van der Waals surface area contributed by atoms with Gasteiger partial charge in [-0.3, -0.25) is 0 Å². The number of nitriles is 1. The summed E-state index contributed by atoms with van der Waals surface area (Å²) in [6, 6.07) is 2.36. The molecule has 0 radical (unpaired) electrons. The van der Waals surface area contributed by atoms with E-state index in [0.717, 1.165) is 0 Å². The van der Waals surface area contributed by atoms with Gasteiger partial charge in [0.25, 0.3) is 0 Å². The fourth-order valence-electron chi connectivity index (χ4n) is 1.86. The first kappa shape index (κ1) is 7.60. The van der Waals surface area contributed by atoms with Gasteiger partial charge in [-0.15, -0.1) is 0 Å². The number of hydrogen-bond acceptors (Lipinski definition) is 1. The highest BCUT2D eigenvalue weighted by Crippen LogP contribution is 2.49. The second kappa shape index (κ2) is 2.62. The molecule has 0 amide bonds. The molecule has 0 aromatic rings. The minimum absolute atomic E-state index is 0.270. The highest BCUT2D eigenvalue weighted by Gasteiger charge is 2.40. The van der Waals surface area contributed by atoms with E-state index in [4.69, 9.17) is 5.26 Å². The van der Waals surface area contributed by atoms with Crippen LogP contribution in [0.25, 0.3) is 0 Å². The van der Waals surface area contributed by atoms with Crippen molar-refractivity contribution in [2.75, 3.05) is 0 Å². The van der Waals surface area contributed by atoms with Gasteiger partial charge in [0, 0.05) is 5.92 Å². The molecule has 1 atom stereocenters. The third-order valence-electron chi connectivity index (χ3n) is 3.17. The number of hydrogen-bond donors (Lipinski definition) is 0. The summed E-state index contributed by atoms with van der Waals surface area (Å²) in [4.78, 5) is 0. The van der Waals surface area contributed by atoms with Crippen LogP contribution in [0.4, 0.5) is 0 Å². The molecule has 1 nitrogen and oxygen atoms in total. The van der Waals surface area contributed by atoms with Crippen molar-refractivity contribution < 1.29 is 0 Å². The van der Waals surface area contributed by atoms with E-state index in [1.54, 1.807) is 0 Å². The Morgan fingerprint density at radius 2 is 2.20 bits per heavy atom. The Morgan fingerprint density at radius 1 is 1.60 bits per heavy atom. The second-order valence-corrected chi connectivity index (χ2v) is 3.42. The average Bonchev–Trinajstić information content (AvgIpc) is 1.86. The van der Waals surface area contributed by atoms with Crippen LogP contribution in [0.5, 0.6) is 0 Å². The third-order valence-corrected chi connectivity index (χ3v) is 3.17. The van der Waals surface area contributed by atoms with Crippen molar-refractivity contribution in [1.29, 1.82) is 5.26 Å². The lowest BCUT2D eigenvalue weighted by Crippen LogP contribution is -2.34. The van der Waals surface area contributed by atoms with Crippen LogP contribution in [0.1, 0.15) is 39.5 Å². The Bertz CT molecular complexity index is 145. The zero-order valence-electron chi connectivity index (χ0n) is 6.85. The molecule has 1 aliphatic carbocycles. The SMILES string of the molecule is CCC1(C(C)C#N)CCC1. The van der Waals surface area contributed by atoms with Crippen molar-refractivity contribution >= 4 is 0 Å². The lowest BCUT2D eigenvalue weighted by atomic mass is 9.60. The van der Waals surface area contributed by atoms with Crippen LogP contribution in [-0.4, -0.2) is 0 Å². The lowest BCUT2D eigenvalue weighted by molar-refractivity contribution is 0.0823. The largest absolute Gasteiger partial charge is 0.198 e. The van der Waals surface area contributed by atoms with E-state index in [1.165, 1.54) is 25.7 Å². The van der Waals surface area contributed by atoms with Crippen LogP contribution in [0.15, 0.2) is 0 Å². The normalized spacial score (nSPS) is 24.5. The molecular weight excluding hydrogens is 122 g/mol. The Kier molecular flexibility index (Phi) is 1.99. The molecule has 10 heavy (non-hydrogen) atoms. The first-order valence-electron chi connectivity index (χ1n) is 4.15. The van der Waals surface area contributed by atoms with Crippen molar-refractivity contribution in [2.45, 2.75) is 39.5 Å². The van der Waals surface area contributed by atoms with Crippen LogP contribution in [0.2, 0.25) is 0 Å². The van der Waals surface area contributed by atoms with Gasteiger partial charge in [0.1, 0.15) is 0 Å². The van der Waals surface area contributed by atoms with Crippen LogP contribution < -0.4 is 0 Å². The minimum Gasteiger partial charge on any atom is -0.198 e. The summed E-state index contributed by atoms with van der Waals surface area (Å²) >= 11 is 0.